The van der Waals surface area contributed by atoms with Crippen LogP contribution >= 0.6 is 0 Å². The molecule has 0 bridgehead atoms. The Hall–Kier alpha value is -0.340. The highest BCUT2D eigenvalue weighted by Crippen LogP contribution is 2.66. The smallest absolute Gasteiger partial charge is 0.163 e. The third-order valence-electron chi connectivity index (χ3n) is 6.16. The molecule has 0 aromatic carbocycles. The highest BCUT2D eigenvalue weighted by molar-refractivity contribution is 5.18. The van der Waals surface area contributed by atoms with Gasteiger partial charge in [0.2, 0.25) is 0 Å². The molecule has 0 N–H and O–H groups in total. The van der Waals surface area contributed by atoms with Gasteiger partial charge in [-0.3, -0.25) is 0 Å². The van der Waals surface area contributed by atoms with Crippen LogP contribution in [-0.4, -0.2) is 20.0 Å². The second-order valence-electron chi connectivity index (χ2n) is 7.09. The van der Waals surface area contributed by atoms with Crippen LogP contribution < -0.4 is 0 Å². The zero-order chi connectivity index (χ0) is 13.0. The first-order chi connectivity index (χ1) is 8.51. The van der Waals surface area contributed by atoms with Crippen molar-refractivity contribution in [2.45, 2.75) is 52.7 Å². The molecule has 2 unspecified atom stereocenters. The Kier molecular flexibility index (Phi) is 2.87. The average Bonchev–Trinajstić information content (AvgIpc) is 2.81. The summed E-state index contributed by atoms with van der Waals surface area (Å²) in [5.74, 6) is 1.55. The van der Waals surface area contributed by atoms with E-state index in [0.717, 1.165) is 18.4 Å². The Morgan fingerprint density at radius 3 is 2.89 bits per heavy atom. The summed E-state index contributed by atoms with van der Waals surface area (Å²) >= 11 is 0. The number of fused-ring (bicyclic) bond motifs is 1. The van der Waals surface area contributed by atoms with Gasteiger partial charge in [0.05, 0.1) is 6.61 Å². The minimum atomic E-state index is 0.00630. The number of hydrogen-bond donors (Lipinski definition) is 0. The molecule has 2 aliphatic carbocycles. The normalized spacial score (nSPS) is 46.2. The van der Waals surface area contributed by atoms with Crippen molar-refractivity contribution >= 4 is 0 Å². The molecule has 0 aromatic rings. The van der Waals surface area contributed by atoms with Gasteiger partial charge < -0.3 is 9.47 Å². The van der Waals surface area contributed by atoms with Crippen molar-refractivity contribution in [3.63, 3.8) is 0 Å². The summed E-state index contributed by atoms with van der Waals surface area (Å²) in [6.07, 6.45) is 7.58. The molecule has 102 valence electrons. The second-order valence-corrected chi connectivity index (χ2v) is 7.09. The monoisotopic (exact) mass is 250 g/mol. The molecule has 1 heterocycles. The van der Waals surface area contributed by atoms with Crippen LogP contribution in [0.2, 0.25) is 0 Å². The maximum Gasteiger partial charge on any atom is 0.163 e. The third-order valence-corrected chi connectivity index (χ3v) is 6.16. The lowest BCUT2D eigenvalue weighted by Crippen LogP contribution is -2.43. The van der Waals surface area contributed by atoms with Crippen molar-refractivity contribution in [2.24, 2.45) is 22.7 Å². The Morgan fingerprint density at radius 2 is 2.17 bits per heavy atom. The molecule has 0 radical (unpaired) electrons. The number of ether oxygens (including phenoxy) is 2. The van der Waals surface area contributed by atoms with E-state index in [9.17, 15) is 0 Å². The molecule has 3 rings (SSSR count). The maximum atomic E-state index is 5.87. The highest BCUT2D eigenvalue weighted by atomic mass is 16.7. The molecular weight excluding hydrogens is 224 g/mol. The van der Waals surface area contributed by atoms with E-state index < -0.39 is 0 Å². The first-order valence-corrected chi connectivity index (χ1v) is 7.33. The van der Waals surface area contributed by atoms with Crippen LogP contribution in [0, 0.1) is 22.7 Å². The minimum absolute atomic E-state index is 0.00630. The van der Waals surface area contributed by atoms with Gasteiger partial charge in [-0.05, 0) is 49.9 Å². The predicted molar refractivity (Wildman–Crippen MR) is 72.2 cm³/mol. The molecule has 0 amide bonds. The van der Waals surface area contributed by atoms with E-state index in [1.807, 2.05) is 0 Å². The number of allylic oxidation sites excluding steroid dienone is 2. The molecule has 2 fully saturated rings. The SMILES string of the molecule is COC1OCCC12C[C@H]1C=C(C)CC[C@H]1C2(C)C. The standard InChI is InChI=1S/C16H26O2/c1-11-5-6-13-12(9-11)10-16(15(13,2)3)7-8-18-14(16)17-4/h9,12-14H,5-8,10H2,1-4H3/t12-,13-,14?,16?/m1/s1. The van der Waals surface area contributed by atoms with Crippen LogP contribution in [0.4, 0.5) is 0 Å². The lowest BCUT2D eigenvalue weighted by atomic mass is 9.62. The van der Waals surface area contributed by atoms with Crippen LogP contribution in [0.15, 0.2) is 11.6 Å². The molecule has 2 heteroatoms. The number of hydrogen-bond acceptors (Lipinski definition) is 2. The van der Waals surface area contributed by atoms with Gasteiger partial charge in [0, 0.05) is 12.5 Å². The average molecular weight is 250 g/mol. The topological polar surface area (TPSA) is 18.5 Å². The Balaban J connectivity index is 1.98. The fraction of sp³-hybridized carbons (Fsp3) is 0.875. The van der Waals surface area contributed by atoms with E-state index in [0.29, 0.717) is 5.41 Å². The first kappa shape index (κ1) is 12.7. The van der Waals surface area contributed by atoms with E-state index in [1.165, 1.54) is 25.7 Å². The zero-order valence-electron chi connectivity index (χ0n) is 12.2. The van der Waals surface area contributed by atoms with Crippen molar-refractivity contribution in [2.75, 3.05) is 13.7 Å². The van der Waals surface area contributed by atoms with Crippen LogP contribution in [0.5, 0.6) is 0 Å². The summed E-state index contributed by atoms with van der Waals surface area (Å²) in [6.45, 7) is 8.05. The third kappa shape index (κ3) is 1.48. The zero-order valence-corrected chi connectivity index (χ0v) is 12.2. The van der Waals surface area contributed by atoms with E-state index in [4.69, 9.17) is 9.47 Å². The van der Waals surface area contributed by atoms with Crippen LogP contribution in [0.1, 0.15) is 46.5 Å². The van der Waals surface area contributed by atoms with Gasteiger partial charge in [0.25, 0.3) is 0 Å². The summed E-state index contributed by atoms with van der Waals surface area (Å²) in [7, 11) is 1.80. The van der Waals surface area contributed by atoms with Gasteiger partial charge in [-0.15, -0.1) is 0 Å². The van der Waals surface area contributed by atoms with Gasteiger partial charge in [-0.25, -0.2) is 0 Å². The van der Waals surface area contributed by atoms with E-state index in [1.54, 1.807) is 12.7 Å². The Bertz CT molecular complexity index is 371. The number of rotatable bonds is 1. The molecule has 1 saturated heterocycles. The molecule has 1 spiro atoms. The first-order valence-electron chi connectivity index (χ1n) is 7.33. The minimum Gasteiger partial charge on any atom is -0.355 e. The highest BCUT2D eigenvalue weighted by Gasteiger charge is 2.63. The van der Waals surface area contributed by atoms with Gasteiger partial charge in [0.15, 0.2) is 6.29 Å². The summed E-state index contributed by atoms with van der Waals surface area (Å²) in [5, 5.41) is 0. The quantitative estimate of drug-likeness (QED) is 0.660. The summed E-state index contributed by atoms with van der Waals surface area (Å²) in [5.41, 5.74) is 2.14. The van der Waals surface area contributed by atoms with Crippen molar-refractivity contribution in [1.29, 1.82) is 0 Å². The van der Waals surface area contributed by atoms with Crippen molar-refractivity contribution < 1.29 is 9.47 Å². The predicted octanol–water partition coefficient (Wildman–Crippen LogP) is 3.77. The molecule has 1 aliphatic heterocycles. The summed E-state index contributed by atoms with van der Waals surface area (Å²) in [6, 6.07) is 0. The van der Waals surface area contributed by atoms with Crippen LogP contribution in [0.3, 0.4) is 0 Å². The second kappa shape index (κ2) is 4.08. The maximum absolute atomic E-state index is 5.87. The van der Waals surface area contributed by atoms with Crippen molar-refractivity contribution in [3.05, 3.63) is 11.6 Å². The molecular formula is C16H26O2. The molecule has 3 aliphatic rings. The van der Waals surface area contributed by atoms with Crippen LogP contribution in [-0.2, 0) is 9.47 Å². The van der Waals surface area contributed by atoms with Crippen LogP contribution in [0.25, 0.3) is 0 Å². The van der Waals surface area contributed by atoms with Gasteiger partial charge in [-0.2, -0.15) is 0 Å². The van der Waals surface area contributed by atoms with Gasteiger partial charge in [-0.1, -0.05) is 25.5 Å². The Labute approximate surface area is 111 Å². The van der Waals surface area contributed by atoms with Crippen molar-refractivity contribution in [3.8, 4) is 0 Å². The molecule has 2 nitrogen and oxygen atoms in total. The Morgan fingerprint density at radius 1 is 1.39 bits per heavy atom. The van der Waals surface area contributed by atoms with Gasteiger partial charge >= 0.3 is 0 Å². The lowest BCUT2D eigenvalue weighted by molar-refractivity contribution is -0.170. The lowest BCUT2D eigenvalue weighted by Gasteiger charge is -2.44. The van der Waals surface area contributed by atoms with E-state index >= 15 is 0 Å². The fourth-order valence-electron chi connectivity index (χ4n) is 5.06. The molecule has 4 atom stereocenters. The summed E-state index contributed by atoms with van der Waals surface area (Å²) < 4.78 is 11.5. The van der Waals surface area contributed by atoms with Gasteiger partial charge in [0.1, 0.15) is 0 Å². The van der Waals surface area contributed by atoms with E-state index in [-0.39, 0.29) is 11.7 Å². The fourth-order valence-corrected chi connectivity index (χ4v) is 5.06. The largest absolute Gasteiger partial charge is 0.355 e. The summed E-state index contributed by atoms with van der Waals surface area (Å²) in [4.78, 5) is 0. The number of methoxy groups -OCH3 is 1. The molecule has 1 saturated carbocycles. The molecule has 0 aromatic heterocycles. The van der Waals surface area contributed by atoms with Crippen molar-refractivity contribution in [1.82, 2.24) is 0 Å². The molecule has 18 heavy (non-hydrogen) atoms. The van der Waals surface area contributed by atoms with E-state index in [2.05, 4.69) is 26.8 Å².